The van der Waals surface area contributed by atoms with Gasteiger partial charge in [-0.1, -0.05) is 17.8 Å². The molecule has 2 aromatic rings. The second-order valence-corrected chi connectivity index (χ2v) is 7.13. The molecule has 0 aliphatic carbocycles. The summed E-state index contributed by atoms with van der Waals surface area (Å²) in [5.74, 6) is 1.66. The van der Waals surface area contributed by atoms with Crippen molar-refractivity contribution in [2.45, 2.75) is 24.7 Å². The van der Waals surface area contributed by atoms with Crippen LogP contribution in [0.1, 0.15) is 17.7 Å². The number of ether oxygens (including phenoxy) is 1. The van der Waals surface area contributed by atoms with Gasteiger partial charge >= 0.3 is 0 Å². The maximum Gasteiger partial charge on any atom is 0.276 e. The van der Waals surface area contributed by atoms with E-state index < -0.39 is 0 Å². The van der Waals surface area contributed by atoms with Crippen molar-refractivity contribution in [3.05, 3.63) is 28.3 Å². The molecule has 1 fully saturated rings. The highest BCUT2D eigenvalue weighted by Crippen LogP contribution is 2.19. The number of hydrogen-bond donors (Lipinski definition) is 0. The van der Waals surface area contributed by atoms with E-state index in [-0.39, 0.29) is 0 Å². The number of morpholine rings is 1. The van der Waals surface area contributed by atoms with Gasteiger partial charge in [0, 0.05) is 30.3 Å². The van der Waals surface area contributed by atoms with E-state index >= 15 is 0 Å². The molecule has 0 radical (unpaired) electrons. The highest BCUT2D eigenvalue weighted by atomic mass is 32.2. The Kier molecular flexibility index (Phi) is 5.29. The normalized spacial score (nSPS) is 20.0. The van der Waals surface area contributed by atoms with Gasteiger partial charge in [-0.15, -0.1) is 21.5 Å². The van der Waals surface area contributed by atoms with E-state index in [1.54, 1.807) is 23.1 Å². The number of nitrogens with zero attached hydrogens (tertiary/aromatic N) is 3. The predicted octanol–water partition coefficient (Wildman–Crippen LogP) is 2.53. The molecule has 0 spiro atoms. The van der Waals surface area contributed by atoms with Crippen molar-refractivity contribution in [2.75, 3.05) is 32.0 Å². The summed E-state index contributed by atoms with van der Waals surface area (Å²) in [6.07, 6.45) is 1.07. The third-order valence-electron chi connectivity index (χ3n) is 3.31. The average Bonchev–Trinajstić information content (AvgIpc) is 3.12. The molecule has 21 heavy (non-hydrogen) atoms. The first-order valence-corrected chi connectivity index (χ1v) is 8.97. The summed E-state index contributed by atoms with van der Waals surface area (Å²) in [5.41, 5.74) is 0. The summed E-state index contributed by atoms with van der Waals surface area (Å²) in [6, 6.07) is 4.12. The van der Waals surface area contributed by atoms with E-state index in [9.17, 15) is 0 Å². The number of aromatic nitrogens is 2. The van der Waals surface area contributed by atoms with Crippen LogP contribution < -0.4 is 0 Å². The maximum absolute atomic E-state index is 5.67. The SMILES string of the molecule is CC1CN(CCSc2nnc(Cc3cccs3)o2)CCO1. The van der Waals surface area contributed by atoms with Crippen LogP contribution in [0.2, 0.25) is 0 Å². The Morgan fingerprint density at radius 2 is 2.43 bits per heavy atom. The Labute approximate surface area is 132 Å². The van der Waals surface area contributed by atoms with E-state index in [0.29, 0.717) is 17.2 Å². The lowest BCUT2D eigenvalue weighted by Crippen LogP contribution is -2.42. The summed E-state index contributed by atoms with van der Waals surface area (Å²) in [6.45, 7) is 6.00. The molecule has 0 aromatic carbocycles. The van der Waals surface area contributed by atoms with Crippen LogP contribution in [0.5, 0.6) is 0 Å². The number of thiophene rings is 1. The van der Waals surface area contributed by atoms with Crippen LogP contribution in [-0.2, 0) is 11.2 Å². The molecule has 114 valence electrons. The minimum atomic E-state index is 0.338. The highest BCUT2D eigenvalue weighted by Gasteiger charge is 2.16. The summed E-state index contributed by atoms with van der Waals surface area (Å²) >= 11 is 3.34. The molecule has 1 atom stereocenters. The van der Waals surface area contributed by atoms with Crippen LogP contribution in [0.4, 0.5) is 0 Å². The van der Waals surface area contributed by atoms with Crippen LogP contribution in [0, 0.1) is 0 Å². The molecule has 0 bridgehead atoms. The van der Waals surface area contributed by atoms with Crippen molar-refractivity contribution < 1.29 is 9.15 Å². The van der Waals surface area contributed by atoms with Crippen LogP contribution in [0.15, 0.2) is 27.2 Å². The molecule has 0 N–H and O–H groups in total. The van der Waals surface area contributed by atoms with Gasteiger partial charge in [0.1, 0.15) is 0 Å². The van der Waals surface area contributed by atoms with Gasteiger partial charge in [0.15, 0.2) is 0 Å². The van der Waals surface area contributed by atoms with Gasteiger partial charge < -0.3 is 9.15 Å². The quantitative estimate of drug-likeness (QED) is 0.761. The molecular weight excluding hydrogens is 306 g/mol. The first-order chi connectivity index (χ1) is 10.3. The molecule has 7 heteroatoms. The fourth-order valence-electron chi connectivity index (χ4n) is 2.29. The standard InChI is InChI=1S/C14H19N3O2S2/c1-11-10-17(4-6-18-11)5-8-21-14-16-15-13(19-14)9-12-3-2-7-20-12/h2-3,7,11H,4-6,8-10H2,1H3. The lowest BCUT2D eigenvalue weighted by Gasteiger charge is -2.30. The molecule has 3 rings (SSSR count). The van der Waals surface area contributed by atoms with Crippen LogP contribution in [0.3, 0.4) is 0 Å². The number of thioether (sulfide) groups is 1. The molecule has 2 aromatic heterocycles. The topological polar surface area (TPSA) is 51.4 Å². The largest absolute Gasteiger partial charge is 0.416 e. The van der Waals surface area contributed by atoms with Crippen molar-refractivity contribution >= 4 is 23.1 Å². The van der Waals surface area contributed by atoms with Gasteiger partial charge in [0.05, 0.1) is 19.1 Å². The van der Waals surface area contributed by atoms with Gasteiger partial charge in [-0.2, -0.15) is 0 Å². The Morgan fingerprint density at radius 1 is 1.48 bits per heavy atom. The first kappa shape index (κ1) is 15.0. The van der Waals surface area contributed by atoms with E-state index in [2.05, 4.69) is 33.5 Å². The van der Waals surface area contributed by atoms with E-state index in [1.807, 2.05) is 6.07 Å². The molecule has 5 nitrogen and oxygen atoms in total. The van der Waals surface area contributed by atoms with Crippen LogP contribution >= 0.6 is 23.1 Å². The Hall–Kier alpha value is -0.890. The van der Waals surface area contributed by atoms with Crippen molar-refractivity contribution in [3.8, 4) is 0 Å². The fourth-order valence-corrected chi connectivity index (χ4v) is 3.76. The van der Waals surface area contributed by atoms with Gasteiger partial charge in [0.2, 0.25) is 5.89 Å². The third-order valence-corrected chi connectivity index (χ3v) is 4.99. The van der Waals surface area contributed by atoms with Gasteiger partial charge in [-0.05, 0) is 18.4 Å². The van der Waals surface area contributed by atoms with Gasteiger partial charge in [0.25, 0.3) is 5.22 Å². The van der Waals surface area contributed by atoms with E-state index in [4.69, 9.17) is 9.15 Å². The average molecular weight is 325 g/mol. The molecule has 3 heterocycles. The number of rotatable bonds is 6. The first-order valence-electron chi connectivity index (χ1n) is 7.11. The molecule has 1 aliphatic heterocycles. The number of hydrogen-bond acceptors (Lipinski definition) is 7. The summed E-state index contributed by atoms with van der Waals surface area (Å²) < 4.78 is 11.2. The lowest BCUT2D eigenvalue weighted by molar-refractivity contribution is -0.0158. The van der Waals surface area contributed by atoms with Crippen molar-refractivity contribution in [3.63, 3.8) is 0 Å². The highest BCUT2D eigenvalue weighted by molar-refractivity contribution is 7.99. The third kappa shape index (κ3) is 4.54. The second-order valence-electron chi connectivity index (χ2n) is 5.05. The molecule has 1 saturated heterocycles. The minimum absolute atomic E-state index is 0.338. The Balaban J connectivity index is 1.42. The maximum atomic E-state index is 5.67. The molecule has 1 unspecified atom stereocenters. The zero-order valence-electron chi connectivity index (χ0n) is 12.0. The van der Waals surface area contributed by atoms with E-state index in [1.165, 1.54) is 4.88 Å². The summed E-state index contributed by atoms with van der Waals surface area (Å²) in [5, 5.41) is 10.9. The summed E-state index contributed by atoms with van der Waals surface area (Å²) in [4.78, 5) is 3.67. The minimum Gasteiger partial charge on any atom is -0.416 e. The predicted molar refractivity (Wildman–Crippen MR) is 84.0 cm³/mol. The van der Waals surface area contributed by atoms with E-state index in [0.717, 1.165) is 38.4 Å². The van der Waals surface area contributed by atoms with Gasteiger partial charge in [-0.25, -0.2) is 0 Å². The molecule has 1 aliphatic rings. The fraction of sp³-hybridized carbons (Fsp3) is 0.571. The zero-order valence-corrected chi connectivity index (χ0v) is 13.7. The Bertz CT molecular complexity index is 544. The van der Waals surface area contributed by atoms with Crippen molar-refractivity contribution in [2.24, 2.45) is 0 Å². The van der Waals surface area contributed by atoms with Crippen molar-refractivity contribution in [1.82, 2.24) is 15.1 Å². The second kappa shape index (κ2) is 7.40. The molecule has 0 amide bonds. The zero-order chi connectivity index (χ0) is 14.5. The lowest BCUT2D eigenvalue weighted by atomic mass is 10.3. The monoisotopic (exact) mass is 325 g/mol. The molecular formula is C14H19N3O2S2. The van der Waals surface area contributed by atoms with Gasteiger partial charge in [-0.3, -0.25) is 4.90 Å². The van der Waals surface area contributed by atoms with Crippen molar-refractivity contribution in [1.29, 1.82) is 0 Å². The Morgan fingerprint density at radius 3 is 3.24 bits per heavy atom. The summed E-state index contributed by atoms with van der Waals surface area (Å²) in [7, 11) is 0. The smallest absolute Gasteiger partial charge is 0.276 e. The molecule has 0 saturated carbocycles. The van der Waals surface area contributed by atoms with Crippen LogP contribution in [0.25, 0.3) is 0 Å². The van der Waals surface area contributed by atoms with Crippen LogP contribution in [-0.4, -0.2) is 53.2 Å².